The fraction of sp³-hybridized carbons (Fsp3) is 0.125. The summed E-state index contributed by atoms with van der Waals surface area (Å²) in [5.74, 6) is -3.39. The second kappa shape index (κ2) is 4.43. The summed E-state index contributed by atoms with van der Waals surface area (Å²) in [6.07, 6.45) is -0.366. The molecule has 0 saturated carbocycles. The Hall–Kier alpha value is -0.810. The lowest BCUT2D eigenvalue weighted by molar-refractivity contribution is -0.130. The van der Waals surface area contributed by atoms with Crippen LogP contribution in [0.4, 0.5) is 8.78 Å². The van der Waals surface area contributed by atoms with Crippen molar-refractivity contribution in [2.75, 3.05) is 0 Å². The second-order valence-corrected chi connectivity index (χ2v) is 3.17. The average Bonchev–Trinajstić information content (AvgIpc) is 2.05. The summed E-state index contributed by atoms with van der Waals surface area (Å²) in [7, 11) is 0. The Kier molecular flexibility index (Phi) is 4.16. The van der Waals surface area contributed by atoms with Crippen LogP contribution in [-0.4, -0.2) is 11.8 Å². The first-order valence-corrected chi connectivity index (χ1v) is 3.96. The van der Waals surface area contributed by atoms with Crippen LogP contribution in [0.5, 0.6) is 0 Å². The van der Waals surface area contributed by atoms with E-state index in [2.05, 4.69) is 15.9 Å². The minimum absolute atomic E-state index is 0. The van der Waals surface area contributed by atoms with Crippen LogP contribution < -0.4 is 0 Å². The normalized spacial score (nSPS) is 10.4. The van der Waals surface area contributed by atoms with Crippen molar-refractivity contribution in [3.8, 4) is 0 Å². The maximum absolute atomic E-state index is 12.7. The first-order valence-electron chi connectivity index (χ1n) is 3.16. The molecule has 0 fully saturated rings. The van der Waals surface area contributed by atoms with E-state index in [0.717, 1.165) is 0 Å². The number of rotatable bonds is 2. The summed E-state index contributed by atoms with van der Waals surface area (Å²) >= 11 is 3.03. The summed E-state index contributed by atoms with van der Waals surface area (Å²) < 4.78 is 25.9. The molecule has 0 radical (unpaired) electrons. The average molecular weight is 253 g/mol. The van der Waals surface area contributed by atoms with Crippen molar-refractivity contribution in [1.82, 2.24) is 0 Å². The Labute approximate surface area is 82.0 Å². The Morgan fingerprint density at radius 3 is 2.46 bits per heavy atom. The van der Waals surface area contributed by atoms with Gasteiger partial charge in [-0.25, -0.2) is 0 Å². The van der Waals surface area contributed by atoms with E-state index in [9.17, 15) is 13.6 Å². The number of benzene rings is 1. The van der Waals surface area contributed by atoms with Crippen LogP contribution in [0.25, 0.3) is 0 Å². The predicted octanol–water partition coefficient (Wildman–Crippen LogP) is 1.92. The highest BCUT2D eigenvalue weighted by molar-refractivity contribution is 9.10. The zero-order chi connectivity index (χ0) is 9.19. The minimum Gasteiger partial charge on any atom is -0.412 e. The highest BCUT2D eigenvalue weighted by atomic mass is 79.9. The minimum atomic E-state index is -3.39. The van der Waals surface area contributed by atoms with Gasteiger partial charge in [0.05, 0.1) is 0 Å². The van der Waals surface area contributed by atoms with E-state index < -0.39 is 5.92 Å². The highest BCUT2D eigenvalue weighted by Crippen LogP contribution is 2.27. The van der Waals surface area contributed by atoms with Crippen LogP contribution in [-0.2, 0) is 10.7 Å². The summed E-state index contributed by atoms with van der Waals surface area (Å²) in [6, 6.07) is 5.49. The zero-order valence-electron chi connectivity index (χ0n) is 6.43. The van der Waals surface area contributed by atoms with Gasteiger partial charge in [-0.2, -0.15) is 8.78 Å². The van der Waals surface area contributed by atoms with Gasteiger partial charge in [-0.1, -0.05) is 28.1 Å². The summed E-state index contributed by atoms with van der Waals surface area (Å²) in [4.78, 5) is 9.97. The van der Waals surface area contributed by atoms with Crippen molar-refractivity contribution in [3.05, 3.63) is 34.3 Å². The molecular formula is C8H7BrF2O2. The molecule has 0 amide bonds. The molecular weight excluding hydrogens is 246 g/mol. The molecule has 2 N–H and O–H groups in total. The molecule has 0 heterocycles. The number of alkyl halides is 2. The van der Waals surface area contributed by atoms with Gasteiger partial charge in [0.25, 0.3) is 0 Å². The molecule has 0 bridgehead atoms. The van der Waals surface area contributed by atoms with Gasteiger partial charge in [0.15, 0.2) is 6.29 Å². The smallest absolute Gasteiger partial charge is 0.327 e. The van der Waals surface area contributed by atoms with Crippen LogP contribution in [0.3, 0.4) is 0 Å². The van der Waals surface area contributed by atoms with Gasteiger partial charge in [-0.05, 0) is 12.1 Å². The number of hydrogen-bond donors (Lipinski definition) is 0. The van der Waals surface area contributed by atoms with E-state index in [1.54, 1.807) is 6.07 Å². The SMILES string of the molecule is O.O=CC(F)(F)c1cccc(Br)c1. The van der Waals surface area contributed by atoms with Gasteiger partial charge in [0, 0.05) is 10.0 Å². The second-order valence-electron chi connectivity index (χ2n) is 2.25. The van der Waals surface area contributed by atoms with Crippen molar-refractivity contribution in [3.63, 3.8) is 0 Å². The van der Waals surface area contributed by atoms with Crippen molar-refractivity contribution < 1.29 is 19.1 Å². The van der Waals surface area contributed by atoms with E-state index >= 15 is 0 Å². The lowest BCUT2D eigenvalue weighted by Crippen LogP contribution is -2.14. The first-order chi connectivity index (χ1) is 5.56. The number of hydrogen-bond acceptors (Lipinski definition) is 1. The standard InChI is InChI=1S/C8H5BrF2O.H2O/c9-7-3-1-2-6(4-7)8(10,11)5-12;/h1-5H;1H2. The molecule has 0 unspecified atom stereocenters. The first kappa shape index (κ1) is 12.2. The maximum Gasteiger partial charge on any atom is 0.327 e. The summed E-state index contributed by atoms with van der Waals surface area (Å²) in [5.41, 5.74) is -0.299. The molecule has 0 spiro atoms. The van der Waals surface area contributed by atoms with Crippen molar-refractivity contribution >= 4 is 22.2 Å². The lowest BCUT2D eigenvalue weighted by Gasteiger charge is -2.08. The predicted molar refractivity (Wildman–Crippen MR) is 47.7 cm³/mol. The van der Waals surface area contributed by atoms with Crippen molar-refractivity contribution in [1.29, 1.82) is 0 Å². The molecule has 0 saturated heterocycles. The fourth-order valence-electron chi connectivity index (χ4n) is 0.764. The Morgan fingerprint density at radius 1 is 1.38 bits per heavy atom. The number of carbonyl (C=O) groups excluding carboxylic acids is 1. The molecule has 5 heteroatoms. The van der Waals surface area contributed by atoms with Gasteiger partial charge in [-0.15, -0.1) is 0 Å². The van der Waals surface area contributed by atoms with Gasteiger partial charge in [0.2, 0.25) is 0 Å². The van der Waals surface area contributed by atoms with Crippen molar-refractivity contribution in [2.24, 2.45) is 0 Å². The van der Waals surface area contributed by atoms with E-state index in [4.69, 9.17) is 0 Å². The fourth-order valence-corrected chi connectivity index (χ4v) is 1.16. The van der Waals surface area contributed by atoms with E-state index in [1.165, 1.54) is 18.2 Å². The van der Waals surface area contributed by atoms with Crippen LogP contribution in [0, 0.1) is 0 Å². The third-order valence-corrected chi connectivity index (χ3v) is 1.85. The molecule has 13 heavy (non-hydrogen) atoms. The Morgan fingerprint density at radius 2 is 2.00 bits per heavy atom. The van der Waals surface area contributed by atoms with E-state index in [0.29, 0.717) is 4.47 Å². The Bertz CT molecular complexity index is 302. The molecule has 72 valence electrons. The largest absolute Gasteiger partial charge is 0.412 e. The molecule has 2 nitrogen and oxygen atoms in total. The molecule has 1 aromatic carbocycles. The molecule has 1 aromatic rings. The number of aldehydes is 1. The monoisotopic (exact) mass is 252 g/mol. The number of halogens is 3. The van der Waals surface area contributed by atoms with E-state index in [1.807, 2.05) is 0 Å². The molecule has 0 aliphatic heterocycles. The summed E-state index contributed by atoms with van der Waals surface area (Å²) in [6.45, 7) is 0. The van der Waals surface area contributed by atoms with Gasteiger partial charge < -0.3 is 5.48 Å². The lowest BCUT2D eigenvalue weighted by atomic mass is 10.1. The van der Waals surface area contributed by atoms with Crippen LogP contribution in [0.1, 0.15) is 5.56 Å². The molecule has 0 aromatic heterocycles. The number of carbonyl (C=O) groups is 1. The molecule has 0 aliphatic rings. The molecule has 1 rings (SSSR count). The van der Waals surface area contributed by atoms with Gasteiger partial charge >= 0.3 is 5.92 Å². The van der Waals surface area contributed by atoms with Gasteiger partial charge in [-0.3, -0.25) is 4.79 Å². The summed E-state index contributed by atoms with van der Waals surface area (Å²) in [5, 5.41) is 0. The zero-order valence-corrected chi connectivity index (χ0v) is 8.01. The third-order valence-electron chi connectivity index (χ3n) is 1.36. The molecule has 0 aliphatic carbocycles. The quantitative estimate of drug-likeness (QED) is 0.742. The maximum atomic E-state index is 12.7. The van der Waals surface area contributed by atoms with Crippen LogP contribution in [0.2, 0.25) is 0 Å². The van der Waals surface area contributed by atoms with E-state index in [-0.39, 0.29) is 17.3 Å². The molecule has 0 atom stereocenters. The third kappa shape index (κ3) is 2.86. The van der Waals surface area contributed by atoms with Crippen LogP contribution in [0.15, 0.2) is 28.7 Å². The topological polar surface area (TPSA) is 48.6 Å². The Balaban J connectivity index is 0.00000144. The van der Waals surface area contributed by atoms with Crippen LogP contribution >= 0.6 is 15.9 Å². The van der Waals surface area contributed by atoms with Gasteiger partial charge in [0.1, 0.15) is 0 Å². The highest BCUT2D eigenvalue weighted by Gasteiger charge is 2.30. The van der Waals surface area contributed by atoms with Crippen molar-refractivity contribution in [2.45, 2.75) is 5.92 Å².